The van der Waals surface area contributed by atoms with Gasteiger partial charge in [0.15, 0.2) is 0 Å². The highest BCUT2D eigenvalue weighted by molar-refractivity contribution is 5.78. The van der Waals surface area contributed by atoms with E-state index in [2.05, 4.69) is 16.8 Å². The van der Waals surface area contributed by atoms with E-state index >= 15 is 0 Å². The predicted octanol–water partition coefficient (Wildman–Crippen LogP) is 2.81. The molecule has 1 aromatic rings. The Morgan fingerprint density at radius 1 is 1.31 bits per heavy atom. The summed E-state index contributed by atoms with van der Waals surface area (Å²) in [7, 11) is 0. The van der Waals surface area contributed by atoms with Gasteiger partial charge >= 0.3 is 0 Å². The van der Waals surface area contributed by atoms with E-state index in [1.165, 1.54) is 12.8 Å². The van der Waals surface area contributed by atoms with Crippen LogP contribution in [0, 0.1) is 0 Å². The van der Waals surface area contributed by atoms with E-state index in [4.69, 9.17) is 4.74 Å². The van der Waals surface area contributed by atoms with Gasteiger partial charge in [0.1, 0.15) is 6.61 Å². The fourth-order valence-corrected chi connectivity index (χ4v) is 1.71. The van der Waals surface area contributed by atoms with Crippen LogP contribution in [0.15, 0.2) is 35.3 Å². The van der Waals surface area contributed by atoms with Crippen molar-refractivity contribution in [1.29, 1.82) is 0 Å². The van der Waals surface area contributed by atoms with Gasteiger partial charge in [-0.15, -0.1) is 0 Å². The monoisotopic (exact) mass is 218 g/mol. The minimum absolute atomic E-state index is 0.759. The Labute approximate surface area is 96.7 Å². The molecule has 0 bridgehead atoms. The van der Waals surface area contributed by atoms with E-state index in [9.17, 15) is 0 Å². The Balaban J connectivity index is 2.04. The molecule has 1 aromatic carbocycles. The molecule has 1 aliphatic heterocycles. The van der Waals surface area contributed by atoms with Gasteiger partial charge in [-0.3, -0.25) is 0 Å². The smallest absolute Gasteiger partial charge is 0.292 e. The first-order chi connectivity index (χ1) is 7.90. The molecular formula is C13H18N2O. The lowest BCUT2D eigenvalue weighted by Gasteiger charge is -2.14. The maximum Gasteiger partial charge on any atom is 0.292 e. The third kappa shape index (κ3) is 2.75. The highest BCUT2D eigenvalue weighted by atomic mass is 16.5. The minimum atomic E-state index is 0.759. The van der Waals surface area contributed by atoms with E-state index in [1.807, 2.05) is 30.3 Å². The third-order valence-electron chi connectivity index (χ3n) is 2.63. The van der Waals surface area contributed by atoms with Gasteiger partial charge in [0.25, 0.3) is 6.02 Å². The van der Waals surface area contributed by atoms with E-state index in [-0.39, 0.29) is 0 Å². The maximum atomic E-state index is 5.54. The summed E-state index contributed by atoms with van der Waals surface area (Å²) in [5.41, 5.74) is 0.959. The summed E-state index contributed by atoms with van der Waals surface area (Å²) >= 11 is 0. The number of aliphatic imine (C=N–C) groups is 1. The van der Waals surface area contributed by atoms with Crippen molar-refractivity contribution >= 4 is 11.7 Å². The average molecular weight is 218 g/mol. The van der Waals surface area contributed by atoms with Crippen molar-refractivity contribution in [2.75, 3.05) is 19.7 Å². The zero-order chi connectivity index (χ0) is 11.2. The van der Waals surface area contributed by atoms with Gasteiger partial charge in [0.05, 0.1) is 12.2 Å². The number of unbranched alkanes of at least 4 members (excludes halogenated alkanes) is 1. The van der Waals surface area contributed by atoms with Crippen LogP contribution in [0.2, 0.25) is 0 Å². The molecule has 0 aromatic heterocycles. The van der Waals surface area contributed by atoms with Crippen LogP contribution < -0.4 is 0 Å². The molecule has 1 fully saturated rings. The van der Waals surface area contributed by atoms with Crippen LogP contribution in [0.1, 0.15) is 19.8 Å². The highest BCUT2D eigenvalue weighted by Crippen LogP contribution is 2.14. The van der Waals surface area contributed by atoms with Gasteiger partial charge in [0.2, 0.25) is 0 Å². The number of hydrogen-bond acceptors (Lipinski definition) is 2. The summed E-state index contributed by atoms with van der Waals surface area (Å²) in [6.07, 6.45) is 2.40. The predicted molar refractivity (Wildman–Crippen MR) is 66.0 cm³/mol. The number of amidine groups is 1. The molecule has 3 nitrogen and oxygen atoms in total. The van der Waals surface area contributed by atoms with Crippen LogP contribution in [0.5, 0.6) is 0 Å². The summed E-state index contributed by atoms with van der Waals surface area (Å²) in [6, 6.07) is 10.7. The molecule has 0 amide bonds. The van der Waals surface area contributed by atoms with Gasteiger partial charge < -0.3 is 9.64 Å². The van der Waals surface area contributed by atoms with Crippen molar-refractivity contribution in [3.8, 4) is 0 Å². The molecule has 2 rings (SSSR count). The number of hydrogen-bond donors (Lipinski definition) is 0. The minimum Gasteiger partial charge on any atom is -0.463 e. The molecular weight excluding hydrogens is 200 g/mol. The molecule has 0 saturated carbocycles. The van der Waals surface area contributed by atoms with Crippen molar-refractivity contribution in [3.05, 3.63) is 30.3 Å². The average Bonchev–Trinajstić information content (AvgIpc) is 2.75. The molecule has 1 saturated heterocycles. The van der Waals surface area contributed by atoms with Gasteiger partial charge in [-0.2, -0.15) is 4.99 Å². The Morgan fingerprint density at radius 3 is 2.88 bits per heavy atom. The van der Waals surface area contributed by atoms with Crippen molar-refractivity contribution in [2.24, 2.45) is 4.99 Å². The third-order valence-corrected chi connectivity index (χ3v) is 2.63. The normalized spacial score (nSPS) is 17.8. The van der Waals surface area contributed by atoms with E-state index in [1.54, 1.807) is 0 Å². The van der Waals surface area contributed by atoms with Crippen LogP contribution in [-0.2, 0) is 4.74 Å². The number of ether oxygens (including phenoxy) is 1. The van der Waals surface area contributed by atoms with Crippen LogP contribution in [-0.4, -0.2) is 30.6 Å². The quantitative estimate of drug-likeness (QED) is 0.776. The van der Waals surface area contributed by atoms with Crippen LogP contribution >= 0.6 is 0 Å². The van der Waals surface area contributed by atoms with Crippen LogP contribution in [0.25, 0.3) is 0 Å². The maximum absolute atomic E-state index is 5.54. The topological polar surface area (TPSA) is 24.8 Å². The van der Waals surface area contributed by atoms with Crippen molar-refractivity contribution < 1.29 is 4.74 Å². The second-order valence-electron chi connectivity index (χ2n) is 3.92. The van der Waals surface area contributed by atoms with Crippen LogP contribution in [0.4, 0.5) is 5.69 Å². The second-order valence-corrected chi connectivity index (χ2v) is 3.92. The zero-order valence-corrected chi connectivity index (χ0v) is 9.72. The fraction of sp³-hybridized carbons (Fsp3) is 0.462. The lowest BCUT2D eigenvalue weighted by Crippen LogP contribution is -2.26. The molecule has 1 aliphatic rings. The first-order valence-corrected chi connectivity index (χ1v) is 5.91. The van der Waals surface area contributed by atoms with Crippen molar-refractivity contribution in [2.45, 2.75) is 19.8 Å². The standard InChI is InChI=1S/C13H18N2O/c1-2-3-9-15-10-11-16-13(15)14-12-7-5-4-6-8-12/h4-8H,2-3,9-11H2,1H3. The zero-order valence-electron chi connectivity index (χ0n) is 9.72. The molecule has 0 radical (unpaired) electrons. The lowest BCUT2D eigenvalue weighted by molar-refractivity contribution is 0.351. The Morgan fingerprint density at radius 2 is 2.12 bits per heavy atom. The largest absolute Gasteiger partial charge is 0.463 e. The van der Waals surface area contributed by atoms with Crippen molar-refractivity contribution in [3.63, 3.8) is 0 Å². The Bertz CT molecular complexity index is 348. The Hall–Kier alpha value is -1.51. The molecule has 3 heteroatoms. The number of benzene rings is 1. The summed E-state index contributed by atoms with van der Waals surface area (Å²) in [4.78, 5) is 6.73. The molecule has 1 heterocycles. The van der Waals surface area contributed by atoms with Gasteiger partial charge in [-0.25, -0.2) is 0 Å². The molecule has 0 spiro atoms. The summed E-state index contributed by atoms with van der Waals surface area (Å²) in [5, 5.41) is 0. The molecule has 0 atom stereocenters. The number of rotatable bonds is 4. The first-order valence-electron chi connectivity index (χ1n) is 5.91. The number of nitrogens with zero attached hydrogens (tertiary/aromatic N) is 2. The molecule has 0 unspecified atom stereocenters. The Kier molecular flexibility index (Phi) is 3.81. The summed E-state index contributed by atoms with van der Waals surface area (Å²) < 4.78 is 5.54. The van der Waals surface area contributed by atoms with Gasteiger partial charge in [-0.05, 0) is 18.6 Å². The highest BCUT2D eigenvalue weighted by Gasteiger charge is 2.19. The molecule has 0 aliphatic carbocycles. The van der Waals surface area contributed by atoms with Gasteiger partial charge in [-0.1, -0.05) is 31.5 Å². The molecule has 86 valence electrons. The van der Waals surface area contributed by atoms with Crippen molar-refractivity contribution in [1.82, 2.24) is 4.90 Å². The SMILES string of the molecule is CCCCN1CCOC1=Nc1ccccc1. The lowest BCUT2D eigenvalue weighted by atomic mass is 10.3. The van der Waals surface area contributed by atoms with Gasteiger partial charge in [0, 0.05) is 6.54 Å². The van der Waals surface area contributed by atoms with E-state index < -0.39 is 0 Å². The first kappa shape index (κ1) is 11.0. The second kappa shape index (κ2) is 5.54. The summed E-state index contributed by atoms with van der Waals surface area (Å²) in [6.45, 7) is 4.97. The fourth-order valence-electron chi connectivity index (χ4n) is 1.71. The van der Waals surface area contributed by atoms with E-state index in [0.717, 1.165) is 31.4 Å². The molecule has 16 heavy (non-hydrogen) atoms. The summed E-state index contributed by atoms with van der Waals surface area (Å²) in [5.74, 6) is 0. The molecule has 0 N–H and O–H groups in total. The van der Waals surface area contributed by atoms with Crippen LogP contribution in [0.3, 0.4) is 0 Å². The number of para-hydroxylation sites is 1. The van der Waals surface area contributed by atoms with E-state index in [0.29, 0.717) is 0 Å².